The number of rotatable bonds is 10. The molecule has 2 fully saturated rings. The molecule has 0 aromatic heterocycles. The normalized spacial score (nSPS) is 21.3. The summed E-state index contributed by atoms with van der Waals surface area (Å²) in [7, 11) is 0. The highest BCUT2D eigenvalue weighted by Crippen LogP contribution is 2.40. The van der Waals surface area contributed by atoms with Crippen molar-refractivity contribution in [2.45, 2.75) is 55.5 Å². The van der Waals surface area contributed by atoms with E-state index in [9.17, 15) is 19.5 Å². The lowest BCUT2D eigenvalue weighted by Gasteiger charge is -2.36. The maximum atomic E-state index is 13.2. The van der Waals surface area contributed by atoms with Crippen LogP contribution < -0.4 is 10.2 Å². The average molecular weight is 639 g/mol. The molecule has 9 nitrogen and oxygen atoms in total. The molecule has 4 aromatic rings. The van der Waals surface area contributed by atoms with Gasteiger partial charge >= 0.3 is 6.09 Å². The summed E-state index contributed by atoms with van der Waals surface area (Å²) in [6.45, 7) is 0.0239. The van der Waals surface area contributed by atoms with E-state index in [2.05, 4.69) is 17.4 Å². The van der Waals surface area contributed by atoms with E-state index in [0.29, 0.717) is 12.1 Å². The molecule has 0 spiro atoms. The fraction of sp³-hybridized carbons (Fsp3) is 0.250. The van der Waals surface area contributed by atoms with Crippen molar-refractivity contribution in [2.75, 3.05) is 10.7 Å². The predicted molar refractivity (Wildman–Crippen MR) is 173 cm³/mol. The van der Waals surface area contributed by atoms with Gasteiger partial charge in [0.05, 0.1) is 30.9 Å². The van der Waals surface area contributed by atoms with Crippen molar-refractivity contribution in [3.05, 3.63) is 131 Å². The van der Waals surface area contributed by atoms with Crippen LogP contribution in [0.15, 0.2) is 114 Å². The SMILES string of the molecule is O=C(NC1CC(=O)N(c2ccc([C@H]3O[C@@H](CSc4ccccc4)C[C@@H](c4ccc(CO)cc4)O3)cc2)C1=O)OCc1ccccc1. The minimum Gasteiger partial charge on any atom is -0.445 e. The molecule has 4 aromatic carbocycles. The number of ether oxygens (including phenoxy) is 3. The van der Waals surface area contributed by atoms with Gasteiger partial charge in [-0.25, -0.2) is 9.69 Å². The summed E-state index contributed by atoms with van der Waals surface area (Å²) in [4.78, 5) is 40.6. The predicted octanol–water partition coefficient (Wildman–Crippen LogP) is 6.07. The molecule has 2 saturated heterocycles. The Morgan fingerprint density at radius 3 is 2.22 bits per heavy atom. The van der Waals surface area contributed by atoms with Crippen molar-refractivity contribution in [1.29, 1.82) is 0 Å². The number of carbonyl (C=O) groups excluding carboxylic acids is 3. The lowest BCUT2D eigenvalue weighted by Crippen LogP contribution is -2.42. The number of benzene rings is 4. The van der Waals surface area contributed by atoms with Gasteiger partial charge in [0, 0.05) is 22.6 Å². The summed E-state index contributed by atoms with van der Waals surface area (Å²) in [5.74, 6) is -0.212. The Bertz CT molecular complexity index is 1630. The quantitative estimate of drug-likeness (QED) is 0.159. The number of thioether (sulfide) groups is 1. The molecule has 0 radical (unpaired) electrons. The van der Waals surface area contributed by atoms with E-state index in [4.69, 9.17) is 14.2 Å². The van der Waals surface area contributed by atoms with Crippen molar-refractivity contribution in [2.24, 2.45) is 0 Å². The minimum atomic E-state index is -1.01. The van der Waals surface area contributed by atoms with Gasteiger partial charge in [0.15, 0.2) is 6.29 Å². The number of anilines is 1. The number of hydrogen-bond donors (Lipinski definition) is 2. The fourth-order valence-electron chi connectivity index (χ4n) is 5.43. The third-order valence-corrected chi connectivity index (χ3v) is 9.01. The van der Waals surface area contributed by atoms with Crippen LogP contribution in [0.25, 0.3) is 0 Å². The second-order valence-electron chi connectivity index (χ2n) is 11.1. The average Bonchev–Trinajstić information content (AvgIpc) is 3.38. The summed E-state index contributed by atoms with van der Waals surface area (Å²) in [6.07, 6.45) is -1.28. The highest BCUT2D eigenvalue weighted by molar-refractivity contribution is 7.99. The standard InChI is InChI=1S/C36H34N2O7S/c39-21-24-11-13-26(14-12-24)32-19-29(23-46-30-9-5-2-6-10-30)44-35(45-32)27-15-17-28(18-16-27)38-33(40)20-31(34(38)41)37-36(42)43-22-25-7-3-1-4-8-25/h1-18,29,31-32,35,39H,19-23H2,(H,37,42)/t29-,31?,32+,35+/m1/s1. The zero-order valence-electron chi connectivity index (χ0n) is 25.0. The van der Waals surface area contributed by atoms with Crippen molar-refractivity contribution in [3.63, 3.8) is 0 Å². The van der Waals surface area contributed by atoms with Gasteiger partial charge in [0.25, 0.3) is 5.91 Å². The van der Waals surface area contributed by atoms with E-state index in [-0.39, 0.29) is 31.8 Å². The van der Waals surface area contributed by atoms with Crippen LogP contribution in [0.1, 0.15) is 47.5 Å². The van der Waals surface area contributed by atoms with Crippen LogP contribution >= 0.6 is 11.8 Å². The molecular formula is C36H34N2O7S. The number of amides is 3. The molecule has 6 rings (SSSR count). The third-order valence-electron chi connectivity index (χ3n) is 7.87. The smallest absolute Gasteiger partial charge is 0.408 e. The van der Waals surface area contributed by atoms with E-state index in [0.717, 1.165) is 37.8 Å². The van der Waals surface area contributed by atoms with Crippen molar-refractivity contribution in [3.8, 4) is 0 Å². The number of alkyl carbamates (subject to hydrolysis) is 1. The number of imide groups is 1. The molecule has 1 unspecified atom stereocenters. The van der Waals surface area contributed by atoms with Crippen molar-refractivity contribution in [1.82, 2.24) is 5.32 Å². The topological polar surface area (TPSA) is 114 Å². The molecule has 0 saturated carbocycles. The molecule has 2 N–H and O–H groups in total. The van der Waals surface area contributed by atoms with E-state index < -0.39 is 30.2 Å². The molecule has 0 aliphatic carbocycles. The van der Waals surface area contributed by atoms with E-state index in [1.807, 2.05) is 72.8 Å². The molecule has 3 amide bonds. The summed E-state index contributed by atoms with van der Waals surface area (Å²) < 4.78 is 18.1. The Morgan fingerprint density at radius 1 is 0.848 bits per heavy atom. The highest BCUT2D eigenvalue weighted by atomic mass is 32.2. The van der Waals surface area contributed by atoms with E-state index in [1.54, 1.807) is 36.0 Å². The number of nitrogens with one attached hydrogen (secondary N) is 1. The van der Waals surface area contributed by atoms with Crippen LogP contribution in [-0.4, -0.2) is 40.9 Å². The van der Waals surface area contributed by atoms with E-state index in [1.165, 1.54) is 0 Å². The molecule has 2 heterocycles. The van der Waals surface area contributed by atoms with Gasteiger partial charge in [-0.1, -0.05) is 84.9 Å². The van der Waals surface area contributed by atoms with Gasteiger partial charge in [0.2, 0.25) is 5.91 Å². The molecule has 236 valence electrons. The maximum Gasteiger partial charge on any atom is 0.408 e. The van der Waals surface area contributed by atoms with Gasteiger partial charge in [-0.2, -0.15) is 0 Å². The van der Waals surface area contributed by atoms with Crippen molar-refractivity contribution >= 4 is 35.4 Å². The first-order valence-electron chi connectivity index (χ1n) is 15.1. The van der Waals surface area contributed by atoms with Gasteiger partial charge < -0.3 is 24.6 Å². The Morgan fingerprint density at radius 2 is 1.52 bits per heavy atom. The number of carbonyl (C=O) groups is 3. The number of aliphatic hydroxyl groups is 1. The summed E-state index contributed by atoms with van der Waals surface area (Å²) >= 11 is 1.72. The van der Waals surface area contributed by atoms with Gasteiger partial charge in [-0.15, -0.1) is 11.8 Å². The second-order valence-corrected chi connectivity index (χ2v) is 12.2. The monoisotopic (exact) mass is 638 g/mol. The zero-order valence-corrected chi connectivity index (χ0v) is 25.8. The van der Waals surface area contributed by atoms with E-state index >= 15 is 0 Å². The number of nitrogens with zero attached hydrogens (tertiary/aromatic N) is 1. The highest BCUT2D eigenvalue weighted by Gasteiger charge is 2.41. The zero-order chi connectivity index (χ0) is 31.9. The molecule has 4 atom stereocenters. The van der Waals surface area contributed by atoms with Crippen LogP contribution in [0.4, 0.5) is 10.5 Å². The first kappa shape index (κ1) is 31.5. The van der Waals surface area contributed by atoms with Crippen molar-refractivity contribution < 1.29 is 33.7 Å². The lowest BCUT2D eigenvalue weighted by atomic mass is 10.0. The second kappa shape index (κ2) is 14.7. The molecule has 2 aliphatic rings. The summed E-state index contributed by atoms with van der Waals surface area (Å²) in [6, 6.07) is 33.0. The Balaban J connectivity index is 1.12. The summed E-state index contributed by atoms with van der Waals surface area (Å²) in [5, 5.41) is 12.0. The Hall–Kier alpha value is -4.48. The lowest BCUT2D eigenvalue weighted by molar-refractivity contribution is -0.245. The van der Waals surface area contributed by atoms with Crippen LogP contribution in [-0.2, 0) is 37.0 Å². The molecule has 46 heavy (non-hydrogen) atoms. The molecule has 2 aliphatic heterocycles. The van der Waals surface area contributed by atoms with Crippen LogP contribution in [0, 0.1) is 0 Å². The Kier molecular flexibility index (Phi) is 10.1. The number of aliphatic hydroxyl groups excluding tert-OH is 1. The molecule has 10 heteroatoms. The first-order chi connectivity index (χ1) is 22.5. The third kappa shape index (κ3) is 7.66. The van der Waals surface area contributed by atoms with Gasteiger partial charge in [0.1, 0.15) is 12.6 Å². The maximum absolute atomic E-state index is 13.2. The minimum absolute atomic E-state index is 0.0304. The largest absolute Gasteiger partial charge is 0.445 e. The van der Waals surface area contributed by atoms with Gasteiger partial charge in [-0.05, 0) is 41.0 Å². The van der Waals surface area contributed by atoms with Crippen LogP contribution in [0.3, 0.4) is 0 Å². The van der Waals surface area contributed by atoms with Crippen LogP contribution in [0.5, 0.6) is 0 Å². The molecular weight excluding hydrogens is 604 g/mol. The first-order valence-corrected chi connectivity index (χ1v) is 16.1. The Labute approximate surface area is 271 Å². The number of hydrogen-bond acceptors (Lipinski definition) is 8. The van der Waals surface area contributed by atoms with Gasteiger partial charge in [-0.3, -0.25) is 9.59 Å². The fourth-order valence-corrected chi connectivity index (χ4v) is 6.37. The summed E-state index contributed by atoms with van der Waals surface area (Å²) in [5.41, 5.74) is 3.76. The molecule has 0 bridgehead atoms. The van der Waals surface area contributed by atoms with Crippen LogP contribution in [0.2, 0.25) is 0 Å².